The first kappa shape index (κ1) is 14.7. The molecule has 20 heavy (non-hydrogen) atoms. The van der Waals surface area contributed by atoms with Crippen molar-refractivity contribution in [1.29, 1.82) is 0 Å². The Hall–Kier alpha value is -1.73. The van der Waals surface area contributed by atoms with Crippen molar-refractivity contribution in [1.82, 2.24) is 14.9 Å². The molecule has 0 fully saturated rings. The van der Waals surface area contributed by atoms with E-state index in [1.165, 1.54) is 22.8 Å². The molecule has 6 nitrogen and oxygen atoms in total. The van der Waals surface area contributed by atoms with E-state index in [0.717, 1.165) is 11.1 Å². The van der Waals surface area contributed by atoms with Crippen LogP contribution in [0.15, 0.2) is 23.6 Å². The van der Waals surface area contributed by atoms with Crippen molar-refractivity contribution in [3.63, 3.8) is 0 Å². The molecule has 0 aliphatic rings. The predicted molar refractivity (Wildman–Crippen MR) is 80.5 cm³/mol. The van der Waals surface area contributed by atoms with Crippen LogP contribution in [0.4, 0.5) is 5.69 Å². The molecule has 1 aromatic heterocycles. The predicted octanol–water partition coefficient (Wildman–Crippen LogP) is 1.99. The summed E-state index contributed by atoms with van der Waals surface area (Å²) in [6, 6.07) is 3.78. The molecule has 0 radical (unpaired) electrons. The van der Waals surface area contributed by atoms with Gasteiger partial charge in [0.1, 0.15) is 6.33 Å². The summed E-state index contributed by atoms with van der Waals surface area (Å²) >= 11 is 7.34. The third-order valence-electron chi connectivity index (χ3n) is 2.57. The monoisotopic (exact) mass is 311 g/mol. The van der Waals surface area contributed by atoms with Crippen LogP contribution < -0.4 is 11.2 Å². The lowest BCUT2D eigenvalue weighted by Crippen LogP contribution is -2.16. The lowest BCUT2D eigenvalue weighted by molar-refractivity contribution is -0.113. The fourth-order valence-electron chi connectivity index (χ4n) is 1.71. The van der Waals surface area contributed by atoms with Gasteiger partial charge in [-0.1, -0.05) is 29.4 Å². The van der Waals surface area contributed by atoms with Crippen LogP contribution in [0.1, 0.15) is 11.1 Å². The van der Waals surface area contributed by atoms with Gasteiger partial charge in [-0.2, -0.15) is 0 Å². The Kier molecular flexibility index (Phi) is 4.51. The third kappa shape index (κ3) is 3.43. The number of thioether (sulfide) groups is 1. The number of aryl methyl sites for hydroxylation is 2. The zero-order chi connectivity index (χ0) is 14.7. The number of hydrogen-bond donors (Lipinski definition) is 2. The average Bonchev–Trinajstić information content (AvgIpc) is 2.77. The smallest absolute Gasteiger partial charge is 0.234 e. The summed E-state index contributed by atoms with van der Waals surface area (Å²) in [6.07, 6.45) is 1.38. The van der Waals surface area contributed by atoms with E-state index in [-0.39, 0.29) is 11.7 Å². The molecule has 0 atom stereocenters. The number of aromatic nitrogens is 3. The maximum absolute atomic E-state index is 11.9. The molecule has 1 heterocycles. The van der Waals surface area contributed by atoms with Crippen molar-refractivity contribution < 1.29 is 4.79 Å². The summed E-state index contributed by atoms with van der Waals surface area (Å²) in [4.78, 5) is 11.9. The molecule has 0 bridgehead atoms. The number of amides is 1. The first-order chi connectivity index (χ1) is 9.47. The number of nitrogens with one attached hydrogen (secondary N) is 1. The number of benzene rings is 1. The molecule has 0 unspecified atom stereocenters. The van der Waals surface area contributed by atoms with E-state index in [0.29, 0.717) is 15.9 Å². The molecule has 0 aliphatic carbocycles. The minimum absolute atomic E-state index is 0.174. The zero-order valence-electron chi connectivity index (χ0n) is 11.1. The Balaban J connectivity index is 2.00. The quantitative estimate of drug-likeness (QED) is 0.666. The van der Waals surface area contributed by atoms with E-state index in [1.54, 1.807) is 0 Å². The first-order valence-electron chi connectivity index (χ1n) is 5.82. The second-order valence-electron chi connectivity index (χ2n) is 4.30. The highest BCUT2D eigenvalue weighted by atomic mass is 35.5. The number of nitrogens with zero attached hydrogens (tertiary/aromatic N) is 3. The van der Waals surface area contributed by atoms with E-state index in [9.17, 15) is 4.79 Å². The topological polar surface area (TPSA) is 85.8 Å². The summed E-state index contributed by atoms with van der Waals surface area (Å²) in [5.41, 5.74) is 2.61. The fourth-order valence-corrected chi connectivity index (χ4v) is 2.72. The molecule has 0 spiro atoms. The van der Waals surface area contributed by atoms with Gasteiger partial charge in [0.2, 0.25) is 11.1 Å². The molecule has 0 aliphatic heterocycles. The standard InChI is InChI=1S/C12H14ClN5OS/c1-7-3-8(2)11(9(13)4-7)16-10(19)5-20-12-17-15-6-18(12)14/h3-4,6H,5,14H2,1-2H3,(H,16,19). The van der Waals surface area contributed by atoms with Crippen LogP contribution in [0, 0.1) is 13.8 Å². The van der Waals surface area contributed by atoms with Gasteiger partial charge >= 0.3 is 0 Å². The van der Waals surface area contributed by atoms with Gasteiger partial charge in [0.05, 0.1) is 16.5 Å². The molecule has 1 aromatic carbocycles. The highest BCUT2D eigenvalue weighted by Gasteiger charge is 2.11. The molecule has 0 saturated carbocycles. The van der Waals surface area contributed by atoms with Gasteiger partial charge in [-0.25, -0.2) is 4.68 Å². The fraction of sp³-hybridized carbons (Fsp3) is 0.250. The molecular formula is C12H14ClN5OS. The minimum atomic E-state index is -0.174. The first-order valence-corrected chi connectivity index (χ1v) is 7.18. The number of nitrogens with two attached hydrogens (primary N) is 1. The summed E-state index contributed by atoms with van der Waals surface area (Å²) in [5, 5.41) is 11.2. The summed E-state index contributed by atoms with van der Waals surface area (Å²) in [6.45, 7) is 3.85. The van der Waals surface area contributed by atoms with Crippen molar-refractivity contribution in [2.75, 3.05) is 16.9 Å². The molecule has 1 amide bonds. The van der Waals surface area contributed by atoms with E-state index < -0.39 is 0 Å². The van der Waals surface area contributed by atoms with Crippen LogP contribution >= 0.6 is 23.4 Å². The summed E-state index contributed by atoms with van der Waals surface area (Å²) in [7, 11) is 0. The van der Waals surface area contributed by atoms with Crippen molar-refractivity contribution >= 4 is 35.0 Å². The molecule has 2 aromatic rings. The summed E-state index contributed by atoms with van der Waals surface area (Å²) < 4.78 is 1.27. The van der Waals surface area contributed by atoms with Crippen LogP contribution in [-0.2, 0) is 4.79 Å². The lowest BCUT2D eigenvalue weighted by atomic mass is 10.1. The van der Waals surface area contributed by atoms with Gasteiger partial charge < -0.3 is 11.2 Å². The number of nitrogen functional groups attached to an aromatic ring is 1. The van der Waals surface area contributed by atoms with Crippen LogP contribution in [0.5, 0.6) is 0 Å². The summed E-state index contributed by atoms with van der Waals surface area (Å²) in [5.74, 6) is 5.57. The number of anilines is 1. The lowest BCUT2D eigenvalue weighted by Gasteiger charge is -2.11. The highest BCUT2D eigenvalue weighted by molar-refractivity contribution is 7.99. The van der Waals surface area contributed by atoms with Crippen LogP contribution in [0.2, 0.25) is 5.02 Å². The highest BCUT2D eigenvalue weighted by Crippen LogP contribution is 2.27. The number of carbonyl (C=O) groups excluding carboxylic acids is 1. The van der Waals surface area contributed by atoms with Crippen LogP contribution in [0.3, 0.4) is 0 Å². The van der Waals surface area contributed by atoms with Crippen molar-refractivity contribution in [2.24, 2.45) is 0 Å². The van der Waals surface area contributed by atoms with Gasteiger partial charge in [-0.3, -0.25) is 4.79 Å². The van der Waals surface area contributed by atoms with Gasteiger partial charge in [0.25, 0.3) is 0 Å². The molecule has 2 rings (SSSR count). The Labute approximate surface area is 125 Å². The maximum Gasteiger partial charge on any atom is 0.234 e. The van der Waals surface area contributed by atoms with Gasteiger partial charge in [0, 0.05) is 0 Å². The van der Waals surface area contributed by atoms with Crippen molar-refractivity contribution in [3.05, 3.63) is 34.6 Å². The average molecular weight is 312 g/mol. The van der Waals surface area contributed by atoms with Gasteiger partial charge in [-0.05, 0) is 31.0 Å². The van der Waals surface area contributed by atoms with Crippen molar-refractivity contribution in [2.45, 2.75) is 19.0 Å². The number of carbonyl (C=O) groups is 1. The third-order valence-corrected chi connectivity index (χ3v) is 3.82. The number of halogens is 1. The normalized spacial score (nSPS) is 10.6. The second kappa shape index (κ2) is 6.15. The minimum Gasteiger partial charge on any atom is -0.336 e. The Morgan fingerprint density at radius 1 is 1.50 bits per heavy atom. The van der Waals surface area contributed by atoms with Gasteiger partial charge in [-0.15, -0.1) is 10.2 Å². The van der Waals surface area contributed by atoms with Crippen LogP contribution in [0.25, 0.3) is 0 Å². The van der Waals surface area contributed by atoms with Gasteiger partial charge in [0.15, 0.2) is 0 Å². The Morgan fingerprint density at radius 2 is 2.25 bits per heavy atom. The van der Waals surface area contributed by atoms with E-state index in [2.05, 4.69) is 15.5 Å². The Morgan fingerprint density at radius 3 is 2.85 bits per heavy atom. The molecular weight excluding hydrogens is 298 g/mol. The van der Waals surface area contributed by atoms with E-state index in [4.69, 9.17) is 17.4 Å². The largest absolute Gasteiger partial charge is 0.336 e. The number of rotatable bonds is 4. The molecule has 0 saturated heterocycles. The molecule has 106 valence electrons. The van der Waals surface area contributed by atoms with E-state index in [1.807, 2.05) is 26.0 Å². The second-order valence-corrected chi connectivity index (χ2v) is 5.65. The van der Waals surface area contributed by atoms with Crippen molar-refractivity contribution in [3.8, 4) is 0 Å². The zero-order valence-corrected chi connectivity index (χ0v) is 12.6. The number of hydrogen-bond acceptors (Lipinski definition) is 5. The molecule has 8 heteroatoms. The van der Waals surface area contributed by atoms with Crippen LogP contribution in [-0.4, -0.2) is 26.5 Å². The maximum atomic E-state index is 11.9. The SMILES string of the molecule is Cc1cc(C)c(NC(=O)CSc2nncn2N)c(Cl)c1. The Bertz CT molecular complexity index is 620. The molecule has 3 N–H and O–H groups in total. The van der Waals surface area contributed by atoms with E-state index >= 15 is 0 Å².